The summed E-state index contributed by atoms with van der Waals surface area (Å²) in [5.74, 6) is 0.794. The third kappa shape index (κ3) is 6.14. The Bertz CT molecular complexity index is 799. The number of hydrogen-bond acceptors (Lipinski definition) is 4. The Morgan fingerprint density at radius 2 is 1.80 bits per heavy atom. The first-order chi connectivity index (χ1) is 14.7. The summed E-state index contributed by atoms with van der Waals surface area (Å²) in [6.45, 7) is 8.13. The van der Waals surface area contributed by atoms with E-state index < -0.39 is 0 Å². The molecule has 0 spiro atoms. The Balaban J connectivity index is 1.32. The monoisotopic (exact) mass is 407 g/mol. The molecule has 160 valence electrons. The van der Waals surface area contributed by atoms with Crippen LogP contribution in [0.5, 0.6) is 0 Å². The highest BCUT2D eigenvalue weighted by atomic mass is 16.5. The maximum Gasteiger partial charge on any atom is 0.238 e. The lowest BCUT2D eigenvalue weighted by Crippen LogP contribution is -2.36. The molecule has 2 aromatic carbocycles. The van der Waals surface area contributed by atoms with Crippen molar-refractivity contribution in [2.45, 2.75) is 32.4 Å². The zero-order valence-electron chi connectivity index (χ0n) is 17.9. The van der Waals surface area contributed by atoms with Gasteiger partial charge in [0.2, 0.25) is 5.91 Å². The van der Waals surface area contributed by atoms with Gasteiger partial charge in [0.1, 0.15) is 0 Å². The van der Waals surface area contributed by atoms with Gasteiger partial charge in [-0.25, -0.2) is 0 Å². The number of benzene rings is 2. The van der Waals surface area contributed by atoms with Crippen molar-refractivity contribution in [3.63, 3.8) is 0 Å². The molecule has 30 heavy (non-hydrogen) atoms. The van der Waals surface area contributed by atoms with E-state index in [-0.39, 0.29) is 11.9 Å². The lowest BCUT2D eigenvalue weighted by atomic mass is 10.1. The van der Waals surface area contributed by atoms with Gasteiger partial charge in [-0.2, -0.15) is 0 Å². The summed E-state index contributed by atoms with van der Waals surface area (Å²) in [5.41, 5.74) is 3.39. The van der Waals surface area contributed by atoms with E-state index in [0.717, 1.165) is 51.0 Å². The van der Waals surface area contributed by atoms with Gasteiger partial charge in [-0.05, 0) is 48.9 Å². The van der Waals surface area contributed by atoms with Crippen molar-refractivity contribution < 1.29 is 9.53 Å². The number of carbonyl (C=O) groups excluding carboxylic acids is 1. The van der Waals surface area contributed by atoms with Crippen molar-refractivity contribution in [1.82, 2.24) is 9.80 Å². The molecule has 4 rings (SSSR count). The quantitative estimate of drug-likeness (QED) is 0.684. The number of hydrogen-bond donors (Lipinski definition) is 1. The topological polar surface area (TPSA) is 44.8 Å². The van der Waals surface area contributed by atoms with Crippen LogP contribution in [0.15, 0.2) is 54.6 Å². The number of ether oxygens (including phenoxy) is 1. The van der Waals surface area contributed by atoms with E-state index in [1.165, 1.54) is 24.0 Å². The summed E-state index contributed by atoms with van der Waals surface area (Å²) >= 11 is 0. The van der Waals surface area contributed by atoms with Crippen molar-refractivity contribution in [2.75, 3.05) is 44.7 Å². The van der Waals surface area contributed by atoms with Crippen LogP contribution in [0.2, 0.25) is 0 Å². The van der Waals surface area contributed by atoms with E-state index in [1.807, 2.05) is 18.2 Å². The van der Waals surface area contributed by atoms with Gasteiger partial charge in [-0.1, -0.05) is 42.5 Å². The molecule has 0 bridgehead atoms. The largest absolute Gasteiger partial charge is 0.379 e. The molecule has 0 radical (unpaired) electrons. The predicted molar refractivity (Wildman–Crippen MR) is 120 cm³/mol. The first-order valence-electron chi connectivity index (χ1n) is 11.2. The molecule has 2 aliphatic rings. The Hall–Kier alpha value is -2.21. The fraction of sp³-hybridized carbons (Fsp3) is 0.480. The van der Waals surface area contributed by atoms with E-state index in [4.69, 9.17) is 4.74 Å². The summed E-state index contributed by atoms with van der Waals surface area (Å²) in [6.07, 6.45) is 2.56. The molecule has 5 heteroatoms. The molecular weight excluding hydrogens is 374 g/mol. The average Bonchev–Trinajstić information content (AvgIpc) is 3.60. The lowest BCUT2D eigenvalue weighted by molar-refractivity contribution is -0.117. The van der Waals surface area contributed by atoms with E-state index in [2.05, 4.69) is 58.4 Å². The van der Waals surface area contributed by atoms with E-state index in [1.54, 1.807) is 0 Å². The number of nitrogens with one attached hydrogen (secondary N) is 1. The minimum Gasteiger partial charge on any atom is -0.379 e. The zero-order chi connectivity index (χ0) is 20.8. The third-order valence-corrected chi connectivity index (χ3v) is 6.11. The van der Waals surface area contributed by atoms with Gasteiger partial charge in [0, 0.05) is 37.9 Å². The van der Waals surface area contributed by atoms with Gasteiger partial charge in [-0.3, -0.25) is 14.6 Å². The molecule has 1 saturated heterocycles. The van der Waals surface area contributed by atoms with Crippen LogP contribution >= 0.6 is 0 Å². The molecule has 1 N–H and O–H groups in total. The number of anilines is 1. The summed E-state index contributed by atoms with van der Waals surface area (Å²) in [4.78, 5) is 17.5. The van der Waals surface area contributed by atoms with Crippen LogP contribution in [0.3, 0.4) is 0 Å². The van der Waals surface area contributed by atoms with Crippen molar-refractivity contribution in [3.8, 4) is 0 Å². The second-order valence-electron chi connectivity index (χ2n) is 8.59. The fourth-order valence-electron chi connectivity index (χ4n) is 4.03. The molecule has 0 aromatic heterocycles. The summed E-state index contributed by atoms with van der Waals surface area (Å²) in [7, 11) is 0. The smallest absolute Gasteiger partial charge is 0.238 e. The van der Waals surface area contributed by atoms with E-state index in [0.29, 0.717) is 6.54 Å². The molecule has 1 atom stereocenters. The minimum atomic E-state index is 0.0550. The minimum absolute atomic E-state index is 0.0550. The van der Waals surface area contributed by atoms with Gasteiger partial charge >= 0.3 is 0 Å². The molecule has 5 nitrogen and oxygen atoms in total. The normalized spacial score (nSPS) is 18.3. The van der Waals surface area contributed by atoms with Gasteiger partial charge in [0.05, 0.1) is 19.8 Å². The standard InChI is InChI=1S/C25H33N3O2/c1-20(23-5-3-2-4-6-23)28(18-22-7-8-22)19-25(29)26-24-11-9-21(10-12-24)17-27-13-15-30-16-14-27/h2-6,9-12,20,22H,7-8,13-19H2,1H3,(H,26,29). The SMILES string of the molecule is CC(c1ccccc1)N(CC(=O)Nc1ccc(CN2CCOCC2)cc1)CC1CC1. The van der Waals surface area contributed by atoms with Gasteiger partial charge in [0.25, 0.3) is 0 Å². The Morgan fingerprint density at radius 3 is 2.47 bits per heavy atom. The molecule has 1 aliphatic heterocycles. The fourth-order valence-corrected chi connectivity index (χ4v) is 4.03. The first kappa shape index (κ1) is 21.0. The zero-order valence-corrected chi connectivity index (χ0v) is 17.9. The highest BCUT2D eigenvalue weighted by Gasteiger charge is 2.28. The van der Waals surface area contributed by atoms with Crippen LogP contribution in [-0.2, 0) is 16.1 Å². The molecule has 1 unspecified atom stereocenters. The summed E-state index contributed by atoms with van der Waals surface area (Å²) < 4.78 is 5.41. The van der Waals surface area contributed by atoms with Crippen molar-refractivity contribution in [1.29, 1.82) is 0 Å². The van der Waals surface area contributed by atoms with Crippen LogP contribution in [0, 0.1) is 5.92 Å². The van der Waals surface area contributed by atoms with Crippen molar-refractivity contribution in [3.05, 3.63) is 65.7 Å². The molecular formula is C25H33N3O2. The van der Waals surface area contributed by atoms with Crippen LogP contribution in [0.4, 0.5) is 5.69 Å². The van der Waals surface area contributed by atoms with Crippen LogP contribution in [0.25, 0.3) is 0 Å². The van der Waals surface area contributed by atoms with E-state index >= 15 is 0 Å². The van der Waals surface area contributed by atoms with Crippen molar-refractivity contribution >= 4 is 11.6 Å². The lowest BCUT2D eigenvalue weighted by Gasteiger charge is -2.29. The summed E-state index contributed by atoms with van der Waals surface area (Å²) in [6, 6.07) is 19.0. The maximum absolute atomic E-state index is 12.8. The number of morpholine rings is 1. The van der Waals surface area contributed by atoms with Crippen LogP contribution in [-0.4, -0.2) is 55.1 Å². The second-order valence-corrected chi connectivity index (χ2v) is 8.59. The third-order valence-electron chi connectivity index (χ3n) is 6.11. The molecule has 1 saturated carbocycles. The van der Waals surface area contributed by atoms with Crippen LogP contribution < -0.4 is 5.32 Å². The highest BCUT2D eigenvalue weighted by Crippen LogP contribution is 2.32. The predicted octanol–water partition coefficient (Wildman–Crippen LogP) is 3.93. The number of amides is 1. The van der Waals surface area contributed by atoms with Gasteiger partial charge in [-0.15, -0.1) is 0 Å². The Labute approximate surface area is 180 Å². The second kappa shape index (κ2) is 10.2. The van der Waals surface area contributed by atoms with Crippen molar-refractivity contribution in [2.24, 2.45) is 5.92 Å². The van der Waals surface area contributed by atoms with E-state index in [9.17, 15) is 4.79 Å². The average molecular weight is 408 g/mol. The van der Waals surface area contributed by atoms with Gasteiger partial charge in [0.15, 0.2) is 0 Å². The highest BCUT2D eigenvalue weighted by molar-refractivity contribution is 5.92. The number of rotatable bonds is 9. The maximum atomic E-state index is 12.8. The Kier molecular flexibility index (Phi) is 7.16. The first-order valence-corrected chi connectivity index (χ1v) is 11.2. The molecule has 1 aliphatic carbocycles. The Morgan fingerprint density at radius 1 is 1.10 bits per heavy atom. The number of nitrogens with zero attached hydrogens (tertiary/aromatic N) is 2. The molecule has 2 aromatic rings. The van der Waals surface area contributed by atoms with Crippen LogP contribution in [0.1, 0.15) is 36.9 Å². The number of carbonyl (C=O) groups is 1. The molecule has 2 fully saturated rings. The molecule has 1 amide bonds. The van der Waals surface area contributed by atoms with Gasteiger partial charge < -0.3 is 10.1 Å². The molecule has 1 heterocycles. The summed E-state index contributed by atoms with van der Waals surface area (Å²) in [5, 5.41) is 3.09.